The Balaban J connectivity index is 1.57. The Morgan fingerprint density at radius 3 is 2.17 bits per heavy atom. The molecule has 6 rings (SSSR count). The number of alkyl halides is 2. The first-order valence-electron chi connectivity index (χ1n) is 22.9. The number of amides is 1. The first-order chi connectivity index (χ1) is 30.2. The maximum Gasteiger partial charge on any atom is 0.408 e. The van der Waals surface area contributed by atoms with Gasteiger partial charge in [0.1, 0.15) is 41.7 Å². The van der Waals surface area contributed by atoms with E-state index < -0.39 is 127 Å². The molecule has 2 N–H and O–H groups in total. The molecule has 0 unspecified atom stereocenters. The largest absolute Gasteiger partial charge is 0.456 e. The van der Waals surface area contributed by atoms with Gasteiger partial charge < -0.3 is 48.0 Å². The van der Waals surface area contributed by atoms with E-state index in [9.17, 15) is 19.5 Å². The maximum absolute atomic E-state index is 15.5. The lowest BCUT2D eigenvalue weighted by molar-refractivity contribution is -0.345. The Labute approximate surface area is 382 Å². The van der Waals surface area contributed by atoms with Crippen molar-refractivity contribution in [3.63, 3.8) is 0 Å². The molecule has 3 aliphatic carbocycles. The number of hydrogen-bond donors (Lipinski definition) is 2. The summed E-state index contributed by atoms with van der Waals surface area (Å²) >= 11 is 0. The van der Waals surface area contributed by atoms with Crippen LogP contribution in [0.4, 0.5) is 13.6 Å². The zero-order valence-electron chi connectivity index (χ0n) is 39.9. The van der Waals surface area contributed by atoms with E-state index in [1.165, 1.54) is 19.9 Å². The van der Waals surface area contributed by atoms with Gasteiger partial charge in [-0.3, -0.25) is 4.79 Å². The van der Waals surface area contributed by atoms with Crippen molar-refractivity contribution in [2.75, 3.05) is 6.61 Å². The predicted octanol–water partition coefficient (Wildman–Crippen LogP) is 7.97. The zero-order valence-corrected chi connectivity index (χ0v) is 40.9. The van der Waals surface area contributed by atoms with E-state index in [2.05, 4.69) is 11.9 Å². The predicted molar refractivity (Wildman–Crippen MR) is 236 cm³/mol. The summed E-state index contributed by atoms with van der Waals surface area (Å²) < 4.78 is 82.1. The molecule has 12 atom stereocenters. The van der Waals surface area contributed by atoms with Crippen molar-refractivity contribution in [1.29, 1.82) is 0 Å². The molecule has 362 valence electrons. The Hall–Kier alpha value is -3.74. The first-order valence-corrected chi connectivity index (χ1v) is 25.4. The van der Waals surface area contributed by atoms with Gasteiger partial charge in [0.15, 0.2) is 25.8 Å². The number of benzene rings is 1. The van der Waals surface area contributed by atoms with Gasteiger partial charge in [-0.05, 0) is 94.9 Å². The molecule has 17 heteroatoms. The standard InChI is InChI=1S/C48H69F2NO13Si/c1-14-32-59-34-33-27(5)30(58-41(54)46(13,64-65(15-2,16-3)17-4)36(39(49)50)51-42(55)63-43(7,8)9)25-48(56,44(33,10)11)38(61-40(53)29-21-19-18-20-22-29)35-45(12,37(34)60-32)24-23-31-47(35,26-57-31)62-28(6)52/h14,18-22,30-32,34-39,56H,1,15-17,23-26H2,2-13H3,(H,51,55)/t30-,31+,32+,34+,35-,36-,37+,38-,45+,46+,47-,48+/m0/s1. The zero-order chi connectivity index (χ0) is 48.3. The second-order valence-corrected chi connectivity index (χ2v) is 25.1. The van der Waals surface area contributed by atoms with Crippen molar-refractivity contribution in [2.45, 2.75) is 192 Å². The van der Waals surface area contributed by atoms with E-state index >= 15 is 13.6 Å². The number of ether oxygens (including phenoxy) is 7. The Morgan fingerprint density at radius 2 is 1.65 bits per heavy atom. The quantitative estimate of drug-likeness (QED) is 0.0797. The molecule has 0 spiro atoms. The lowest BCUT2D eigenvalue weighted by atomic mass is 9.45. The summed E-state index contributed by atoms with van der Waals surface area (Å²) in [5.74, 6) is -3.62. The van der Waals surface area contributed by atoms with Crippen LogP contribution in [0.1, 0.15) is 113 Å². The molecule has 2 saturated carbocycles. The van der Waals surface area contributed by atoms with Crippen molar-refractivity contribution in [3.8, 4) is 0 Å². The normalized spacial score (nSPS) is 34.2. The van der Waals surface area contributed by atoms with Gasteiger partial charge in [-0.1, -0.05) is 66.3 Å². The second kappa shape index (κ2) is 18.1. The number of hydrogen-bond acceptors (Lipinski definition) is 13. The van der Waals surface area contributed by atoms with Crippen molar-refractivity contribution < 1.29 is 70.6 Å². The van der Waals surface area contributed by atoms with Crippen LogP contribution in [-0.4, -0.2) is 116 Å². The fraction of sp³-hybridized carbons (Fsp3) is 0.708. The van der Waals surface area contributed by atoms with Gasteiger partial charge in [0.05, 0.1) is 24.2 Å². The van der Waals surface area contributed by atoms with E-state index in [0.29, 0.717) is 42.1 Å². The van der Waals surface area contributed by atoms with Gasteiger partial charge in [-0.25, -0.2) is 23.2 Å². The van der Waals surface area contributed by atoms with Crippen LogP contribution in [0.3, 0.4) is 0 Å². The molecule has 2 heterocycles. The molecule has 1 aromatic carbocycles. The number of halogens is 2. The summed E-state index contributed by atoms with van der Waals surface area (Å²) in [6, 6.07) is 7.39. The summed E-state index contributed by atoms with van der Waals surface area (Å²) in [5.41, 5.74) is -8.45. The number of esters is 3. The van der Waals surface area contributed by atoms with Crippen molar-refractivity contribution in [1.82, 2.24) is 5.32 Å². The number of rotatable bonds is 14. The molecule has 1 amide bonds. The topological polar surface area (TPSA) is 174 Å². The van der Waals surface area contributed by atoms with Crippen LogP contribution in [0.15, 0.2) is 54.1 Å². The van der Waals surface area contributed by atoms with Crippen LogP contribution in [-0.2, 0) is 47.2 Å². The van der Waals surface area contributed by atoms with Gasteiger partial charge >= 0.3 is 24.0 Å². The van der Waals surface area contributed by atoms with Gasteiger partial charge in [0.2, 0.25) is 0 Å². The van der Waals surface area contributed by atoms with Crippen LogP contribution in [0, 0.1) is 16.7 Å². The fourth-order valence-corrected chi connectivity index (χ4v) is 14.6. The van der Waals surface area contributed by atoms with Crippen LogP contribution in [0.2, 0.25) is 18.1 Å². The molecule has 2 bridgehead atoms. The third-order valence-electron chi connectivity index (χ3n) is 15.2. The average Bonchev–Trinajstić information content (AvgIpc) is 3.66. The second-order valence-electron chi connectivity index (χ2n) is 20.4. The minimum Gasteiger partial charge on any atom is -0.456 e. The molecular weight excluding hydrogens is 865 g/mol. The van der Waals surface area contributed by atoms with E-state index in [4.69, 9.17) is 37.6 Å². The molecule has 0 aromatic heterocycles. The molecule has 65 heavy (non-hydrogen) atoms. The lowest BCUT2D eigenvalue weighted by Crippen LogP contribution is -2.79. The van der Waals surface area contributed by atoms with E-state index in [0.717, 1.165) is 0 Å². The Morgan fingerprint density at radius 1 is 1.02 bits per heavy atom. The monoisotopic (exact) mass is 933 g/mol. The number of carbonyl (C=O) groups is 4. The number of alkyl carbamates (subject to hydrolysis) is 1. The summed E-state index contributed by atoms with van der Waals surface area (Å²) in [6.07, 6.45) is -8.84. The minimum absolute atomic E-state index is 0.0794. The molecule has 1 aromatic rings. The number of carbonyl (C=O) groups excluding carboxylic acids is 4. The first kappa shape index (κ1) is 50.7. The highest BCUT2D eigenvalue weighted by Crippen LogP contribution is 2.67. The van der Waals surface area contributed by atoms with E-state index in [1.807, 2.05) is 27.7 Å². The van der Waals surface area contributed by atoms with Crippen molar-refractivity contribution in [2.24, 2.45) is 16.7 Å². The van der Waals surface area contributed by atoms with E-state index in [1.54, 1.807) is 71.9 Å². The number of fused-ring (bicyclic) bond motifs is 8. The molecule has 5 aliphatic rings. The molecular formula is C48H69F2NO13Si. The summed E-state index contributed by atoms with van der Waals surface area (Å²) in [6.45, 7) is 24.0. The van der Waals surface area contributed by atoms with Crippen LogP contribution < -0.4 is 5.32 Å². The van der Waals surface area contributed by atoms with E-state index in [-0.39, 0.29) is 12.2 Å². The van der Waals surface area contributed by atoms with Crippen LogP contribution in [0.25, 0.3) is 0 Å². The highest BCUT2D eigenvalue weighted by atomic mass is 28.4. The summed E-state index contributed by atoms with van der Waals surface area (Å²) in [5, 5.41) is 16.2. The van der Waals surface area contributed by atoms with Crippen LogP contribution >= 0.6 is 0 Å². The lowest BCUT2D eigenvalue weighted by Gasteiger charge is -2.68. The maximum atomic E-state index is 15.5. The van der Waals surface area contributed by atoms with Gasteiger partial charge in [0.25, 0.3) is 6.43 Å². The molecule has 2 saturated heterocycles. The SMILES string of the molecule is C=C[C@@H]1O[C@@H]2C3=C(C)[C@@H](OC(=O)[C@](C)(O[Si](CC)(CC)CC)[C@@H](NC(=O)OC(C)(C)C)C(F)F)C[C@@](O)([C@@H](OC(=O)c4ccccc4)[C@H]4[C@@](C)(CC[C@H]5OC[C@]54OC(C)=O)[C@@H]2O1)C3(C)C. The van der Waals surface area contributed by atoms with Gasteiger partial charge in [-0.2, -0.15) is 0 Å². The minimum atomic E-state index is -3.33. The Kier molecular flexibility index (Phi) is 14.1. The third-order valence-corrected chi connectivity index (χ3v) is 20.0. The fourth-order valence-electron chi connectivity index (χ4n) is 11.5. The Bertz CT molecular complexity index is 2020. The van der Waals surface area contributed by atoms with Crippen LogP contribution in [0.5, 0.6) is 0 Å². The van der Waals surface area contributed by atoms with Gasteiger partial charge in [-0.15, -0.1) is 0 Å². The highest BCUT2D eigenvalue weighted by molar-refractivity contribution is 6.73. The number of aliphatic hydroxyl groups is 1. The highest BCUT2D eigenvalue weighted by Gasteiger charge is 2.77. The molecule has 0 radical (unpaired) electrons. The van der Waals surface area contributed by atoms with Crippen molar-refractivity contribution >= 4 is 32.3 Å². The third kappa shape index (κ3) is 8.71. The van der Waals surface area contributed by atoms with Crippen molar-refractivity contribution in [3.05, 3.63) is 59.7 Å². The average molecular weight is 934 g/mol. The molecule has 4 fully saturated rings. The molecule has 2 aliphatic heterocycles. The summed E-state index contributed by atoms with van der Waals surface area (Å²) in [7, 11) is -2.97. The smallest absolute Gasteiger partial charge is 0.408 e. The number of nitrogens with one attached hydrogen (secondary N) is 1. The summed E-state index contributed by atoms with van der Waals surface area (Å²) in [4.78, 5) is 56.1. The molecule has 14 nitrogen and oxygen atoms in total. The van der Waals surface area contributed by atoms with Gasteiger partial charge in [0, 0.05) is 24.2 Å².